The quantitative estimate of drug-likeness (QED) is 0.434. The van der Waals surface area contributed by atoms with Crippen LogP contribution in [-0.2, 0) is 22.5 Å². The van der Waals surface area contributed by atoms with Crippen molar-refractivity contribution in [1.29, 1.82) is 0 Å². The molecule has 0 radical (unpaired) electrons. The highest BCUT2D eigenvalue weighted by Gasteiger charge is 2.32. The topological polar surface area (TPSA) is 106 Å². The van der Waals surface area contributed by atoms with Crippen LogP contribution in [0.15, 0.2) is 52.2 Å². The van der Waals surface area contributed by atoms with Gasteiger partial charge in [0.05, 0.1) is 23.2 Å². The predicted molar refractivity (Wildman–Crippen MR) is 157 cm³/mol. The van der Waals surface area contributed by atoms with Gasteiger partial charge in [-0.15, -0.1) is 0 Å². The summed E-state index contributed by atoms with van der Waals surface area (Å²) in [6.07, 6.45) is 2.79. The number of amides is 3. The Kier molecular flexibility index (Phi) is 8.97. The fourth-order valence-corrected chi connectivity index (χ4v) is 6.00. The number of hydrogen-bond acceptors (Lipinski definition) is 5. The van der Waals surface area contributed by atoms with Crippen molar-refractivity contribution in [1.82, 2.24) is 18.9 Å². The van der Waals surface area contributed by atoms with Crippen LogP contribution in [0.4, 0.5) is 19.3 Å². The van der Waals surface area contributed by atoms with Crippen molar-refractivity contribution in [3.63, 3.8) is 0 Å². The van der Waals surface area contributed by atoms with Crippen molar-refractivity contribution in [3.8, 4) is 11.1 Å². The predicted octanol–water partition coefficient (Wildman–Crippen LogP) is 3.90. The number of carbonyl (C=O) groups excluding carboxylic acids is 2. The van der Waals surface area contributed by atoms with Gasteiger partial charge < -0.3 is 19.9 Å². The lowest BCUT2D eigenvalue weighted by Crippen LogP contribution is -2.51. The normalized spacial score (nSPS) is 16.4. The molecule has 0 saturated carbocycles. The minimum absolute atomic E-state index is 0.0217. The minimum atomic E-state index is -0.721. The molecule has 1 fully saturated rings. The van der Waals surface area contributed by atoms with Gasteiger partial charge in [0, 0.05) is 50.2 Å². The zero-order valence-electron chi connectivity index (χ0n) is 23.8. The Morgan fingerprint density at radius 1 is 1.09 bits per heavy atom. The van der Waals surface area contributed by atoms with Crippen molar-refractivity contribution < 1.29 is 23.1 Å². The molecule has 3 amide bonds. The zero-order chi connectivity index (χ0) is 30.8. The van der Waals surface area contributed by atoms with E-state index in [0.29, 0.717) is 44.6 Å². The van der Waals surface area contributed by atoms with Gasteiger partial charge in [-0.2, -0.15) is 0 Å². The van der Waals surface area contributed by atoms with Gasteiger partial charge in [-0.25, -0.2) is 18.4 Å². The molecule has 1 saturated heterocycles. The van der Waals surface area contributed by atoms with Gasteiger partial charge in [0.25, 0.3) is 5.56 Å². The summed E-state index contributed by atoms with van der Waals surface area (Å²) in [4.78, 5) is 56.5. The van der Waals surface area contributed by atoms with Crippen LogP contribution in [0, 0.1) is 11.6 Å². The number of fused-ring (bicyclic) bond motifs is 1. The number of benzene rings is 2. The highest BCUT2D eigenvalue weighted by atomic mass is 35.5. The third-order valence-corrected chi connectivity index (χ3v) is 8.42. The van der Waals surface area contributed by atoms with Crippen molar-refractivity contribution >= 4 is 29.2 Å². The number of carbonyl (C=O) groups is 2. The second-order valence-corrected chi connectivity index (χ2v) is 11.2. The summed E-state index contributed by atoms with van der Waals surface area (Å²) in [7, 11) is 1.44. The number of halogens is 3. The van der Waals surface area contributed by atoms with Crippen LogP contribution in [0.2, 0.25) is 5.02 Å². The average Bonchev–Trinajstić information content (AvgIpc) is 3.14. The van der Waals surface area contributed by atoms with E-state index in [0.717, 1.165) is 20.8 Å². The van der Waals surface area contributed by atoms with Crippen LogP contribution < -0.4 is 16.6 Å². The van der Waals surface area contributed by atoms with Crippen LogP contribution in [0.3, 0.4) is 0 Å². The molecule has 0 aliphatic carbocycles. The fraction of sp³-hybridized carbons (Fsp3) is 0.400. The van der Waals surface area contributed by atoms with E-state index in [2.05, 4.69) is 5.32 Å². The number of likely N-dealkylation sites (tertiary alicyclic amines) is 1. The standard InChI is InChI=1S/C30H32ClF2N5O5/c1-18(17-43-2)38-28(40)23(22-4-3-5-24(33)27(22)31)15-36(30(38)42)16-26(39)35-11-9-21(10-12-35)37-13-8-19-14-20(32)6-7-25(19)34-29(37)41/h3-7,14-15,18,21H,8-13,16-17H2,1-2H3,(H,34,41)/t18-/m0/s1. The molecule has 1 atom stereocenters. The monoisotopic (exact) mass is 615 g/mol. The van der Waals surface area contributed by atoms with Crippen molar-refractivity contribution in [2.75, 3.05) is 38.7 Å². The molecule has 2 aromatic carbocycles. The summed E-state index contributed by atoms with van der Waals surface area (Å²) in [5.74, 6) is -1.42. The number of rotatable bonds is 7. The molecule has 0 bridgehead atoms. The fourth-order valence-electron chi connectivity index (χ4n) is 5.78. The molecule has 0 spiro atoms. The molecule has 2 aliphatic heterocycles. The number of anilines is 1. The molecule has 43 heavy (non-hydrogen) atoms. The van der Waals surface area contributed by atoms with Crippen LogP contribution >= 0.6 is 11.6 Å². The molecular formula is C30H32ClF2N5O5. The van der Waals surface area contributed by atoms with E-state index in [9.17, 15) is 28.0 Å². The molecule has 228 valence electrons. The largest absolute Gasteiger partial charge is 0.383 e. The van der Waals surface area contributed by atoms with Gasteiger partial charge in [0.1, 0.15) is 18.2 Å². The number of hydrogen-bond donors (Lipinski definition) is 1. The number of urea groups is 1. The summed E-state index contributed by atoms with van der Waals surface area (Å²) < 4.78 is 35.3. The molecule has 3 aromatic rings. The Morgan fingerprint density at radius 3 is 2.56 bits per heavy atom. The summed E-state index contributed by atoms with van der Waals surface area (Å²) in [5.41, 5.74) is 0.0266. The van der Waals surface area contributed by atoms with E-state index < -0.39 is 23.1 Å². The zero-order valence-corrected chi connectivity index (χ0v) is 24.6. The summed E-state index contributed by atoms with van der Waals surface area (Å²) in [6.45, 7) is 2.46. The van der Waals surface area contributed by atoms with Crippen molar-refractivity contribution in [3.05, 3.63) is 85.7 Å². The smallest absolute Gasteiger partial charge is 0.331 e. The van der Waals surface area contributed by atoms with E-state index in [1.54, 1.807) is 22.8 Å². The van der Waals surface area contributed by atoms with Crippen molar-refractivity contribution in [2.45, 2.75) is 44.8 Å². The lowest BCUT2D eigenvalue weighted by atomic mass is 10.0. The van der Waals surface area contributed by atoms with Crippen LogP contribution in [0.5, 0.6) is 0 Å². The maximum Gasteiger partial charge on any atom is 0.331 e. The number of nitrogens with one attached hydrogen (secondary N) is 1. The van der Waals surface area contributed by atoms with Crippen LogP contribution in [0.25, 0.3) is 11.1 Å². The maximum absolute atomic E-state index is 14.3. The van der Waals surface area contributed by atoms with Crippen molar-refractivity contribution in [2.24, 2.45) is 0 Å². The molecule has 2 aliphatic rings. The molecule has 3 heterocycles. The number of piperidine rings is 1. The minimum Gasteiger partial charge on any atom is -0.383 e. The van der Waals surface area contributed by atoms with Gasteiger partial charge in [-0.05, 0) is 56.0 Å². The van der Waals surface area contributed by atoms with Gasteiger partial charge in [0.2, 0.25) is 5.91 Å². The van der Waals surface area contributed by atoms with Gasteiger partial charge in [0.15, 0.2) is 0 Å². The molecular weight excluding hydrogens is 584 g/mol. The average molecular weight is 616 g/mol. The summed E-state index contributed by atoms with van der Waals surface area (Å²) >= 11 is 6.18. The highest BCUT2D eigenvalue weighted by Crippen LogP contribution is 2.28. The summed E-state index contributed by atoms with van der Waals surface area (Å²) in [6, 6.07) is 7.28. The van der Waals surface area contributed by atoms with E-state index in [1.165, 1.54) is 37.6 Å². The Hall–Kier alpha value is -4.03. The molecule has 13 heteroatoms. The number of ether oxygens (including phenoxy) is 1. The Balaban J connectivity index is 1.33. The van der Waals surface area contributed by atoms with Gasteiger partial charge in [-0.3, -0.25) is 18.7 Å². The Morgan fingerprint density at radius 2 is 1.84 bits per heavy atom. The first kappa shape index (κ1) is 30.4. The first-order valence-electron chi connectivity index (χ1n) is 14.0. The highest BCUT2D eigenvalue weighted by molar-refractivity contribution is 6.33. The third kappa shape index (κ3) is 6.21. The maximum atomic E-state index is 14.3. The second kappa shape index (κ2) is 12.7. The Labute approximate surface area is 251 Å². The van der Waals surface area contributed by atoms with E-state index in [1.807, 2.05) is 0 Å². The number of nitrogens with zero attached hydrogens (tertiary/aromatic N) is 4. The van der Waals surface area contributed by atoms with Crippen LogP contribution in [0.1, 0.15) is 31.4 Å². The van der Waals surface area contributed by atoms with Crippen LogP contribution in [-0.4, -0.2) is 70.3 Å². The molecule has 1 N–H and O–H groups in total. The Bertz CT molecular complexity index is 1670. The first-order valence-corrected chi connectivity index (χ1v) is 14.4. The van der Waals surface area contributed by atoms with Gasteiger partial charge in [-0.1, -0.05) is 23.7 Å². The molecule has 5 rings (SSSR count). The lowest BCUT2D eigenvalue weighted by molar-refractivity contribution is -0.133. The number of aromatic nitrogens is 2. The lowest BCUT2D eigenvalue weighted by Gasteiger charge is -2.38. The molecule has 1 aromatic heterocycles. The van der Waals surface area contributed by atoms with E-state index in [4.69, 9.17) is 16.3 Å². The van der Waals surface area contributed by atoms with E-state index >= 15 is 0 Å². The molecule has 10 nitrogen and oxygen atoms in total. The third-order valence-electron chi connectivity index (χ3n) is 8.03. The van der Waals surface area contributed by atoms with Gasteiger partial charge >= 0.3 is 11.7 Å². The first-order chi connectivity index (χ1) is 20.6. The van der Waals surface area contributed by atoms with E-state index in [-0.39, 0.29) is 53.1 Å². The second-order valence-electron chi connectivity index (χ2n) is 10.8. The SMILES string of the molecule is COC[C@H](C)n1c(=O)c(-c2cccc(F)c2Cl)cn(CC(=O)N2CCC(N3CCc4cc(F)ccc4NC3=O)CC2)c1=O. The number of methoxy groups -OCH3 is 1. The summed E-state index contributed by atoms with van der Waals surface area (Å²) in [5, 5.41) is 2.59. The molecule has 0 unspecified atom stereocenters.